The number of hydrogen-bond donors (Lipinski definition) is 1. The van der Waals surface area contributed by atoms with Gasteiger partial charge in [0.05, 0.1) is 7.11 Å². The fourth-order valence-electron chi connectivity index (χ4n) is 1.57. The van der Waals surface area contributed by atoms with Crippen molar-refractivity contribution in [2.24, 2.45) is 0 Å². The highest BCUT2D eigenvalue weighted by atomic mass is 16.5. The first kappa shape index (κ1) is 12.0. The van der Waals surface area contributed by atoms with Crippen LogP contribution < -0.4 is 10.1 Å². The van der Waals surface area contributed by atoms with E-state index in [1.165, 1.54) is 0 Å². The van der Waals surface area contributed by atoms with Crippen LogP contribution in [0.4, 0.5) is 0 Å². The summed E-state index contributed by atoms with van der Waals surface area (Å²) < 4.78 is 5.19. The minimum atomic E-state index is 0.579. The molecule has 1 N–H and O–H groups in total. The van der Waals surface area contributed by atoms with E-state index in [2.05, 4.69) is 24.1 Å². The third kappa shape index (κ3) is 3.51. The number of aromatic nitrogens is 1. The van der Waals surface area contributed by atoms with E-state index in [0.29, 0.717) is 6.04 Å². The second-order valence-electron chi connectivity index (χ2n) is 3.57. The highest BCUT2D eigenvalue weighted by molar-refractivity contribution is 5.25. The van der Waals surface area contributed by atoms with Crippen LogP contribution in [0.25, 0.3) is 0 Å². The van der Waals surface area contributed by atoms with Gasteiger partial charge in [0.25, 0.3) is 0 Å². The molecule has 84 valence electrons. The summed E-state index contributed by atoms with van der Waals surface area (Å²) in [4.78, 5) is 4.16. The standard InChI is InChI=1S/C12H20N2O/c1-4-11(5-2)14-9-10-7-6-8-13-12(10)15-3/h6-8,11,14H,4-5,9H2,1-3H3. The Morgan fingerprint density at radius 2 is 2.13 bits per heavy atom. The van der Waals surface area contributed by atoms with Gasteiger partial charge in [0, 0.05) is 24.3 Å². The van der Waals surface area contributed by atoms with E-state index in [-0.39, 0.29) is 0 Å². The predicted octanol–water partition coefficient (Wildman–Crippen LogP) is 2.37. The van der Waals surface area contributed by atoms with Gasteiger partial charge in [-0.15, -0.1) is 0 Å². The van der Waals surface area contributed by atoms with Gasteiger partial charge in [0.15, 0.2) is 0 Å². The lowest BCUT2D eigenvalue weighted by molar-refractivity contribution is 0.387. The van der Waals surface area contributed by atoms with Crippen LogP contribution in [0.5, 0.6) is 5.88 Å². The number of nitrogens with zero attached hydrogens (tertiary/aromatic N) is 1. The Labute approximate surface area is 91.9 Å². The highest BCUT2D eigenvalue weighted by Crippen LogP contribution is 2.13. The average Bonchev–Trinajstić information content (AvgIpc) is 2.31. The quantitative estimate of drug-likeness (QED) is 0.779. The molecular weight excluding hydrogens is 188 g/mol. The molecule has 0 aliphatic heterocycles. The van der Waals surface area contributed by atoms with Crippen LogP contribution in [0.1, 0.15) is 32.3 Å². The van der Waals surface area contributed by atoms with E-state index in [1.807, 2.05) is 12.1 Å². The van der Waals surface area contributed by atoms with E-state index < -0.39 is 0 Å². The molecule has 3 heteroatoms. The number of nitrogens with one attached hydrogen (secondary N) is 1. The molecule has 15 heavy (non-hydrogen) atoms. The summed E-state index contributed by atoms with van der Waals surface area (Å²) in [5, 5.41) is 3.49. The Hall–Kier alpha value is -1.09. The lowest BCUT2D eigenvalue weighted by Gasteiger charge is -2.15. The zero-order valence-corrected chi connectivity index (χ0v) is 9.79. The Morgan fingerprint density at radius 3 is 2.73 bits per heavy atom. The maximum atomic E-state index is 5.19. The summed E-state index contributed by atoms with van der Waals surface area (Å²) in [5.74, 6) is 0.718. The van der Waals surface area contributed by atoms with Crippen molar-refractivity contribution in [1.82, 2.24) is 10.3 Å². The molecule has 0 saturated carbocycles. The summed E-state index contributed by atoms with van der Waals surface area (Å²) in [6.45, 7) is 5.21. The van der Waals surface area contributed by atoms with Crippen molar-refractivity contribution >= 4 is 0 Å². The normalized spacial score (nSPS) is 10.7. The molecule has 0 aromatic carbocycles. The largest absolute Gasteiger partial charge is 0.481 e. The third-order valence-corrected chi connectivity index (χ3v) is 2.61. The van der Waals surface area contributed by atoms with Crippen molar-refractivity contribution in [3.63, 3.8) is 0 Å². The van der Waals surface area contributed by atoms with Crippen molar-refractivity contribution < 1.29 is 4.74 Å². The monoisotopic (exact) mass is 208 g/mol. The molecule has 0 bridgehead atoms. The second kappa shape index (κ2) is 6.40. The SMILES string of the molecule is CCC(CC)NCc1cccnc1OC. The van der Waals surface area contributed by atoms with Crippen LogP contribution in [0, 0.1) is 0 Å². The zero-order chi connectivity index (χ0) is 11.1. The van der Waals surface area contributed by atoms with Crippen molar-refractivity contribution in [2.75, 3.05) is 7.11 Å². The molecule has 0 saturated heterocycles. The molecule has 0 radical (unpaired) electrons. The number of pyridine rings is 1. The van der Waals surface area contributed by atoms with Crippen molar-refractivity contribution in [3.8, 4) is 5.88 Å². The lowest BCUT2D eigenvalue weighted by Crippen LogP contribution is -2.27. The Morgan fingerprint density at radius 1 is 1.40 bits per heavy atom. The van der Waals surface area contributed by atoms with E-state index in [9.17, 15) is 0 Å². The predicted molar refractivity (Wildman–Crippen MR) is 62.0 cm³/mol. The van der Waals surface area contributed by atoms with E-state index in [1.54, 1.807) is 13.3 Å². The van der Waals surface area contributed by atoms with E-state index >= 15 is 0 Å². The van der Waals surface area contributed by atoms with Gasteiger partial charge in [-0.1, -0.05) is 19.9 Å². The van der Waals surface area contributed by atoms with Crippen molar-refractivity contribution in [2.45, 2.75) is 39.3 Å². The third-order valence-electron chi connectivity index (χ3n) is 2.61. The van der Waals surface area contributed by atoms with E-state index in [0.717, 1.165) is 30.8 Å². The molecular formula is C12H20N2O. The van der Waals surface area contributed by atoms with Gasteiger partial charge >= 0.3 is 0 Å². The maximum Gasteiger partial charge on any atom is 0.217 e. The molecule has 1 rings (SSSR count). The summed E-state index contributed by atoms with van der Waals surface area (Å²) in [7, 11) is 1.66. The molecule has 0 aliphatic carbocycles. The van der Waals surface area contributed by atoms with Crippen molar-refractivity contribution in [1.29, 1.82) is 0 Å². The summed E-state index contributed by atoms with van der Waals surface area (Å²) >= 11 is 0. The smallest absolute Gasteiger partial charge is 0.217 e. The maximum absolute atomic E-state index is 5.19. The molecule has 0 fully saturated rings. The molecule has 0 unspecified atom stereocenters. The van der Waals surface area contributed by atoms with Gasteiger partial charge in [0.1, 0.15) is 0 Å². The summed E-state index contributed by atoms with van der Waals surface area (Å²) in [6.07, 6.45) is 4.05. The fourth-order valence-corrected chi connectivity index (χ4v) is 1.57. The Balaban J connectivity index is 2.56. The average molecular weight is 208 g/mol. The number of methoxy groups -OCH3 is 1. The Bertz CT molecular complexity index is 285. The molecule has 3 nitrogen and oxygen atoms in total. The van der Waals surface area contributed by atoms with E-state index in [4.69, 9.17) is 4.74 Å². The first-order chi connectivity index (χ1) is 7.31. The highest BCUT2D eigenvalue weighted by Gasteiger charge is 2.06. The molecule has 0 amide bonds. The summed E-state index contributed by atoms with van der Waals surface area (Å²) in [5.41, 5.74) is 1.12. The Kier molecular flexibility index (Phi) is 5.12. The lowest BCUT2D eigenvalue weighted by atomic mass is 10.1. The molecule has 1 aromatic heterocycles. The first-order valence-electron chi connectivity index (χ1n) is 5.53. The van der Waals surface area contributed by atoms with Gasteiger partial charge in [-0.3, -0.25) is 0 Å². The first-order valence-corrected chi connectivity index (χ1v) is 5.53. The van der Waals surface area contributed by atoms with Crippen LogP contribution >= 0.6 is 0 Å². The van der Waals surface area contributed by atoms with Gasteiger partial charge in [-0.05, 0) is 18.9 Å². The number of hydrogen-bond acceptors (Lipinski definition) is 3. The van der Waals surface area contributed by atoms with Gasteiger partial charge < -0.3 is 10.1 Å². The molecule has 1 heterocycles. The number of rotatable bonds is 6. The number of ether oxygens (including phenoxy) is 1. The van der Waals surface area contributed by atoms with Gasteiger partial charge in [-0.2, -0.15) is 0 Å². The molecule has 1 aromatic rings. The molecule has 0 aliphatic rings. The summed E-state index contributed by atoms with van der Waals surface area (Å²) in [6, 6.07) is 4.56. The minimum Gasteiger partial charge on any atom is -0.481 e. The second-order valence-corrected chi connectivity index (χ2v) is 3.57. The zero-order valence-electron chi connectivity index (χ0n) is 9.79. The van der Waals surface area contributed by atoms with Crippen LogP contribution in [0.3, 0.4) is 0 Å². The van der Waals surface area contributed by atoms with Gasteiger partial charge in [0.2, 0.25) is 5.88 Å². The van der Waals surface area contributed by atoms with Crippen molar-refractivity contribution in [3.05, 3.63) is 23.9 Å². The van der Waals surface area contributed by atoms with Crippen LogP contribution in [-0.4, -0.2) is 18.1 Å². The minimum absolute atomic E-state index is 0.579. The fraction of sp³-hybridized carbons (Fsp3) is 0.583. The van der Waals surface area contributed by atoms with Crippen LogP contribution in [0.15, 0.2) is 18.3 Å². The van der Waals surface area contributed by atoms with Crippen LogP contribution in [-0.2, 0) is 6.54 Å². The van der Waals surface area contributed by atoms with Gasteiger partial charge in [-0.25, -0.2) is 4.98 Å². The topological polar surface area (TPSA) is 34.2 Å². The molecule has 0 spiro atoms. The molecule has 0 atom stereocenters. The van der Waals surface area contributed by atoms with Crippen LogP contribution in [0.2, 0.25) is 0 Å².